The lowest BCUT2D eigenvalue weighted by atomic mass is 10.2. The van der Waals surface area contributed by atoms with Crippen molar-refractivity contribution in [1.82, 2.24) is 4.31 Å². The average molecular weight is 358 g/mol. The summed E-state index contributed by atoms with van der Waals surface area (Å²) >= 11 is 5.96. The molecule has 23 heavy (non-hydrogen) atoms. The van der Waals surface area contributed by atoms with Crippen LogP contribution in [0.5, 0.6) is 5.75 Å². The fraction of sp³-hybridized carbons (Fsp3) is 0.250. The molecule has 2 aromatic carbocycles. The van der Waals surface area contributed by atoms with Gasteiger partial charge in [0.2, 0.25) is 10.0 Å². The molecule has 0 saturated carbocycles. The van der Waals surface area contributed by atoms with E-state index in [2.05, 4.69) is 0 Å². The van der Waals surface area contributed by atoms with Crippen LogP contribution in [0.15, 0.2) is 41.3 Å². The van der Waals surface area contributed by atoms with Gasteiger partial charge in [-0.3, -0.25) is 0 Å². The minimum absolute atomic E-state index is 0.0546. The minimum Gasteiger partial charge on any atom is -0.496 e. The fourth-order valence-corrected chi connectivity index (χ4v) is 3.79. The summed E-state index contributed by atoms with van der Waals surface area (Å²) in [5.41, 5.74) is 1.11. The standard InChI is InChI=1S/C16H17ClFNO3S/c1-11-4-6-14(18)9-16(11)23(20,21)19(2)10-12-8-13(17)5-7-15(12)22-3/h4-9H,10H2,1-3H3. The minimum atomic E-state index is -3.83. The van der Waals surface area contributed by atoms with Crippen molar-refractivity contribution in [3.8, 4) is 5.75 Å². The highest BCUT2D eigenvalue weighted by molar-refractivity contribution is 7.89. The Hall–Kier alpha value is -1.63. The van der Waals surface area contributed by atoms with Crippen LogP contribution in [0.2, 0.25) is 5.02 Å². The first-order valence-electron chi connectivity index (χ1n) is 6.80. The zero-order valence-electron chi connectivity index (χ0n) is 13.0. The zero-order valence-corrected chi connectivity index (χ0v) is 14.6. The summed E-state index contributed by atoms with van der Waals surface area (Å²) in [6.07, 6.45) is 0. The molecule has 0 atom stereocenters. The van der Waals surface area contributed by atoms with Crippen LogP contribution in [-0.2, 0) is 16.6 Å². The second-order valence-corrected chi connectivity index (χ2v) is 7.58. The van der Waals surface area contributed by atoms with E-state index in [1.54, 1.807) is 25.1 Å². The molecule has 0 aliphatic rings. The molecule has 124 valence electrons. The van der Waals surface area contributed by atoms with E-state index in [-0.39, 0.29) is 11.4 Å². The highest BCUT2D eigenvalue weighted by atomic mass is 35.5. The van der Waals surface area contributed by atoms with Gasteiger partial charge in [0.05, 0.1) is 12.0 Å². The smallest absolute Gasteiger partial charge is 0.243 e. The third kappa shape index (κ3) is 3.83. The summed E-state index contributed by atoms with van der Waals surface area (Å²) in [7, 11) is -0.905. The monoisotopic (exact) mass is 357 g/mol. The summed E-state index contributed by atoms with van der Waals surface area (Å²) in [6, 6.07) is 8.67. The number of aryl methyl sites for hydroxylation is 1. The highest BCUT2D eigenvalue weighted by Crippen LogP contribution is 2.27. The van der Waals surface area contributed by atoms with Gasteiger partial charge in [0.25, 0.3) is 0 Å². The van der Waals surface area contributed by atoms with Gasteiger partial charge in [-0.1, -0.05) is 17.7 Å². The van der Waals surface area contributed by atoms with Crippen LogP contribution in [0, 0.1) is 12.7 Å². The number of rotatable bonds is 5. The predicted molar refractivity (Wildman–Crippen MR) is 87.8 cm³/mol. The quantitative estimate of drug-likeness (QED) is 0.821. The largest absolute Gasteiger partial charge is 0.496 e. The van der Waals surface area contributed by atoms with E-state index in [4.69, 9.17) is 16.3 Å². The Morgan fingerprint density at radius 1 is 1.22 bits per heavy atom. The van der Waals surface area contributed by atoms with E-state index in [1.165, 1.54) is 26.3 Å². The van der Waals surface area contributed by atoms with Gasteiger partial charge < -0.3 is 4.74 Å². The third-order valence-electron chi connectivity index (χ3n) is 3.47. The number of ether oxygens (including phenoxy) is 1. The maximum Gasteiger partial charge on any atom is 0.243 e. The highest BCUT2D eigenvalue weighted by Gasteiger charge is 2.24. The Morgan fingerprint density at radius 3 is 2.57 bits per heavy atom. The number of benzene rings is 2. The van der Waals surface area contributed by atoms with Crippen LogP contribution < -0.4 is 4.74 Å². The number of halogens is 2. The van der Waals surface area contributed by atoms with Gasteiger partial charge in [0.15, 0.2) is 0 Å². The van der Waals surface area contributed by atoms with Crippen LogP contribution in [0.3, 0.4) is 0 Å². The van der Waals surface area contributed by atoms with Crippen LogP contribution in [-0.4, -0.2) is 26.9 Å². The number of nitrogens with zero attached hydrogens (tertiary/aromatic N) is 1. The van der Waals surface area contributed by atoms with Crippen LogP contribution in [0.25, 0.3) is 0 Å². The van der Waals surface area contributed by atoms with E-state index < -0.39 is 15.8 Å². The molecule has 0 heterocycles. The summed E-state index contributed by atoms with van der Waals surface area (Å²) in [5, 5.41) is 0.480. The molecular weight excluding hydrogens is 341 g/mol. The molecule has 2 rings (SSSR count). The van der Waals surface area contributed by atoms with Crippen molar-refractivity contribution >= 4 is 21.6 Å². The lowest BCUT2D eigenvalue weighted by Crippen LogP contribution is -2.27. The first-order chi connectivity index (χ1) is 10.8. The van der Waals surface area contributed by atoms with Crippen LogP contribution in [0.4, 0.5) is 4.39 Å². The van der Waals surface area contributed by atoms with Gasteiger partial charge in [-0.05, 0) is 42.8 Å². The molecule has 0 bridgehead atoms. The molecule has 0 aliphatic carbocycles. The molecule has 0 fully saturated rings. The Kier molecular flexibility index (Phi) is 5.29. The Bertz CT molecular complexity index is 824. The van der Waals surface area contributed by atoms with Gasteiger partial charge in [0, 0.05) is 24.2 Å². The Labute approximate surface area is 140 Å². The molecule has 0 N–H and O–H groups in total. The van der Waals surface area contributed by atoms with E-state index in [0.717, 1.165) is 10.4 Å². The number of methoxy groups -OCH3 is 1. The summed E-state index contributed by atoms with van der Waals surface area (Å²) in [5.74, 6) is -0.0599. The van der Waals surface area contributed by atoms with Gasteiger partial charge in [-0.15, -0.1) is 0 Å². The van der Waals surface area contributed by atoms with E-state index in [9.17, 15) is 12.8 Å². The summed E-state index contributed by atoms with van der Waals surface area (Å²) in [4.78, 5) is -0.0546. The van der Waals surface area contributed by atoms with Crippen LogP contribution >= 0.6 is 11.6 Å². The number of hydrogen-bond acceptors (Lipinski definition) is 3. The lowest BCUT2D eigenvalue weighted by molar-refractivity contribution is 0.398. The molecule has 0 saturated heterocycles. The van der Waals surface area contributed by atoms with Gasteiger partial charge in [0.1, 0.15) is 11.6 Å². The summed E-state index contributed by atoms with van der Waals surface area (Å²) < 4.78 is 45.1. The normalized spacial score (nSPS) is 11.7. The second kappa shape index (κ2) is 6.86. The first-order valence-corrected chi connectivity index (χ1v) is 8.62. The van der Waals surface area contributed by atoms with Crippen molar-refractivity contribution in [1.29, 1.82) is 0 Å². The first kappa shape index (κ1) is 17.7. The molecule has 0 spiro atoms. The maximum atomic E-state index is 13.4. The van der Waals surface area contributed by atoms with Crippen molar-refractivity contribution in [2.75, 3.05) is 14.2 Å². The van der Waals surface area contributed by atoms with Crippen molar-refractivity contribution in [3.05, 3.63) is 58.4 Å². The molecule has 0 aromatic heterocycles. The van der Waals surface area contributed by atoms with Crippen molar-refractivity contribution in [2.45, 2.75) is 18.4 Å². The second-order valence-electron chi connectivity index (χ2n) is 5.13. The van der Waals surface area contributed by atoms with Crippen molar-refractivity contribution in [3.63, 3.8) is 0 Å². The van der Waals surface area contributed by atoms with Crippen molar-refractivity contribution in [2.24, 2.45) is 0 Å². The molecule has 0 unspecified atom stereocenters. The van der Waals surface area contributed by atoms with E-state index in [0.29, 0.717) is 21.9 Å². The van der Waals surface area contributed by atoms with Gasteiger partial charge >= 0.3 is 0 Å². The van der Waals surface area contributed by atoms with Gasteiger partial charge in [-0.25, -0.2) is 12.8 Å². The third-order valence-corrected chi connectivity index (χ3v) is 5.65. The average Bonchev–Trinajstić information content (AvgIpc) is 2.49. The molecule has 0 aliphatic heterocycles. The maximum absolute atomic E-state index is 13.4. The molecule has 7 heteroatoms. The Morgan fingerprint density at radius 2 is 1.91 bits per heavy atom. The van der Waals surface area contributed by atoms with Crippen molar-refractivity contribution < 1.29 is 17.5 Å². The summed E-state index contributed by atoms with van der Waals surface area (Å²) in [6.45, 7) is 1.68. The topological polar surface area (TPSA) is 46.6 Å². The predicted octanol–water partition coefficient (Wildman–Crippen LogP) is 3.62. The van der Waals surface area contributed by atoms with Gasteiger partial charge in [-0.2, -0.15) is 4.31 Å². The molecule has 4 nitrogen and oxygen atoms in total. The van der Waals surface area contributed by atoms with Crippen LogP contribution in [0.1, 0.15) is 11.1 Å². The number of hydrogen-bond donors (Lipinski definition) is 0. The molecule has 0 amide bonds. The molecular formula is C16H17ClFNO3S. The fourth-order valence-electron chi connectivity index (χ4n) is 2.22. The SMILES string of the molecule is COc1ccc(Cl)cc1CN(C)S(=O)(=O)c1cc(F)ccc1C. The van der Waals surface area contributed by atoms with E-state index >= 15 is 0 Å². The molecule has 0 radical (unpaired) electrons. The van der Waals surface area contributed by atoms with E-state index in [1.807, 2.05) is 0 Å². The lowest BCUT2D eigenvalue weighted by Gasteiger charge is -2.20. The zero-order chi connectivity index (χ0) is 17.2. The Balaban J connectivity index is 2.38. The number of sulfonamides is 1. The molecule has 2 aromatic rings.